The van der Waals surface area contributed by atoms with Crippen molar-refractivity contribution >= 4 is 19.8 Å². The number of phosphoric acid groups is 1. The van der Waals surface area contributed by atoms with Gasteiger partial charge in [-0.3, -0.25) is 18.6 Å². The summed E-state index contributed by atoms with van der Waals surface area (Å²) in [5, 5.41) is 8.88. The molecule has 0 bridgehead atoms. The molecule has 0 aliphatic rings. The van der Waals surface area contributed by atoms with Crippen molar-refractivity contribution in [3.05, 3.63) is 48.6 Å². The minimum absolute atomic E-state index is 0.00524. The van der Waals surface area contributed by atoms with Crippen LogP contribution in [0.2, 0.25) is 0 Å². The molecular formula is C42H76NO9P. The Labute approximate surface area is 322 Å². The molecule has 0 aliphatic carbocycles. The molecule has 0 rings (SSSR count). The summed E-state index contributed by atoms with van der Waals surface area (Å²) in [5.41, 5.74) is 5.35. The first-order chi connectivity index (χ1) is 25.7. The Morgan fingerprint density at radius 2 is 1.08 bits per heavy atom. The van der Waals surface area contributed by atoms with Gasteiger partial charge in [0.15, 0.2) is 0 Å². The molecule has 4 N–H and O–H groups in total. The molecule has 0 aromatic carbocycles. The first-order valence-corrected chi connectivity index (χ1v) is 22.2. The van der Waals surface area contributed by atoms with E-state index in [0.29, 0.717) is 13.0 Å². The van der Waals surface area contributed by atoms with E-state index in [2.05, 4.69) is 62.5 Å². The van der Waals surface area contributed by atoms with Crippen molar-refractivity contribution in [2.24, 2.45) is 5.73 Å². The third-order valence-corrected chi connectivity index (χ3v) is 9.51. The maximum Gasteiger partial charge on any atom is 0.472 e. The molecule has 0 heterocycles. The van der Waals surface area contributed by atoms with Crippen LogP contribution in [-0.2, 0) is 32.7 Å². The van der Waals surface area contributed by atoms with Gasteiger partial charge in [0.25, 0.3) is 0 Å². The second-order valence-corrected chi connectivity index (χ2v) is 15.2. The van der Waals surface area contributed by atoms with Crippen LogP contribution < -0.4 is 5.73 Å². The lowest BCUT2D eigenvalue weighted by atomic mass is 10.1. The fourth-order valence-electron chi connectivity index (χ4n) is 5.32. The van der Waals surface area contributed by atoms with Crippen molar-refractivity contribution < 1.29 is 42.7 Å². The van der Waals surface area contributed by atoms with Crippen LogP contribution in [0.1, 0.15) is 168 Å². The lowest BCUT2D eigenvalue weighted by Gasteiger charge is -2.20. The van der Waals surface area contributed by atoms with Gasteiger partial charge in [-0.1, -0.05) is 140 Å². The zero-order chi connectivity index (χ0) is 39.1. The smallest absolute Gasteiger partial charge is 0.472 e. The van der Waals surface area contributed by atoms with Gasteiger partial charge in [0.2, 0.25) is 0 Å². The summed E-state index contributed by atoms with van der Waals surface area (Å²) in [7, 11) is -4.62. The SMILES string of the molecule is CCC/C=C\C/C=C\CCCCCCCCOCC(COP(=O)(O)OCC(N)C(=O)O)OC(=O)CCCCCCCCC/C=C\C/C=C\CCCCC. The Bertz CT molecular complexity index is 1030. The number of carboxylic acid groups (broad SMARTS) is 1. The Hall–Kier alpha value is -2.07. The van der Waals surface area contributed by atoms with E-state index >= 15 is 0 Å². The van der Waals surface area contributed by atoms with Gasteiger partial charge >= 0.3 is 19.8 Å². The third-order valence-electron chi connectivity index (χ3n) is 8.56. The highest BCUT2D eigenvalue weighted by molar-refractivity contribution is 7.47. The summed E-state index contributed by atoms with van der Waals surface area (Å²) in [6, 6.07) is -1.48. The summed E-state index contributed by atoms with van der Waals surface area (Å²) < 4.78 is 33.3. The lowest BCUT2D eigenvalue weighted by molar-refractivity contribution is -0.154. The lowest BCUT2D eigenvalue weighted by Crippen LogP contribution is -2.34. The van der Waals surface area contributed by atoms with E-state index in [9.17, 15) is 19.0 Å². The second kappa shape index (κ2) is 38.2. The molecule has 53 heavy (non-hydrogen) atoms. The molecule has 0 aromatic heterocycles. The number of hydrogen-bond donors (Lipinski definition) is 3. The van der Waals surface area contributed by atoms with E-state index in [-0.39, 0.29) is 13.0 Å². The normalized spacial score (nSPS) is 14.5. The van der Waals surface area contributed by atoms with E-state index < -0.39 is 45.1 Å². The number of ether oxygens (including phenoxy) is 2. The van der Waals surface area contributed by atoms with Crippen LogP contribution in [0, 0.1) is 0 Å². The summed E-state index contributed by atoms with van der Waals surface area (Å²) in [6.07, 6.45) is 43.0. The predicted molar refractivity (Wildman–Crippen MR) is 217 cm³/mol. The number of hydrogen-bond acceptors (Lipinski definition) is 8. The first kappa shape index (κ1) is 50.9. The van der Waals surface area contributed by atoms with Gasteiger partial charge in [0.05, 0.1) is 19.8 Å². The number of rotatable bonds is 39. The molecular weight excluding hydrogens is 693 g/mol. The fraction of sp³-hybridized carbons (Fsp3) is 0.762. The minimum Gasteiger partial charge on any atom is -0.480 e. The minimum atomic E-state index is -4.62. The van der Waals surface area contributed by atoms with Crippen molar-refractivity contribution in [2.45, 2.75) is 180 Å². The van der Waals surface area contributed by atoms with Gasteiger partial charge in [0.1, 0.15) is 12.1 Å². The summed E-state index contributed by atoms with van der Waals surface area (Å²) in [4.78, 5) is 33.5. The van der Waals surface area contributed by atoms with Crippen molar-refractivity contribution in [2.75, 3.05) is 26.4 Å². The van der Waals surface area contributed by atoms with Gasteiger partial charge in [-0.15, -0.1) is 0 Å². The summed E-state index contributed by atoms with van der Waals surface area (Å²) in [5.74, 6) is -1.79. The fourth-order valence-corrected chi connectivity index (χ4v) is 6.10. The number of allylic oxidation sites excluding steroid dienone is 8. The molecule has 10 nitrogen and oxygen atoms in total. The van der Waals surface area contributed by atoms with E-state index in [1.54, 1.807) is 0 Å². The third kappa shape index (κ3) is 38.0. The molecule has 0 saturated heterocycles. The highest BCUT2D eigenvalue weighted by Crippen LogP contribution is 2.43. The largest absolute Gasteiger partial charge is 0.480 e. The summed E-state index contributed by atoms with van der Waals surface area (Å²) >= 11 is 0. The highest BCUT2D eigenvalue weighted by atomic mass is 31.2. The Kier molecular flexibility index (Phi) is 36.7. The molecule has 308 valence electrons. The molecule has 0 radical (unpaired) electrons. The van der Waals surface area contributed by atoms with E-state index in [1.165, 1.54) is 70.6 Å². The number of phosphoric ester groups is 1. The number of aliphatic carboxylic acids is 1. The van der Waals surface area contributed by atoms with E-state index in [0.717, 1.165) is 70.6 Å². The molecule has 3 unspecified atom stereocenters. The second-order valence-electron chi connectivity index (χ2n) is 13.8. The number of unbranched alkanes of at least 4 members (excludes halogenated alkanes) is 17. The quantitative estimate of drug-likeness (QED) is 0.0238. The maximum atomic E-state index is 12.6. The Morgan fingerprint density at radius 1 is 0.604 bits per heavy atom. The molecule has 0 aromatic rings. The summed E-state index contributed by atoms with van der Waals surface area (Å²) in [6.45, 7) is 3.75. The van der Waals surface area contributed by atoms with Crippen LogP contribution in [0.15, 0.2) is 48.6 Å². The molecule has 0 aliphatic heterocycles. The van der Waals surface area contributed by atoms with Gasteiger partial charge in [0, 0.05) is 13.0 Å². The zero-order valence-corrected chi connectivity index (χ0v) is 34.2. The number of carbonyl (C=O) groups excluding carboxylic acids is 1. The molecule has 0 saturated carbocycles. The van der Waals surface area contributed by atoms with Crippen LogP contribution in [-0.4, -0.2) is 60.5 Å². The van der Waals surface area contributed by atoms with Gasteiger partial charge < -0.3 is 25.2 Å². The standard InChI is InChI=1S/C42H76NO9P/c1-3-5-7-9-11-13-15-17-19-20-21-22-24-26-28-30-32-34-41(44)52-39(37-50-53(47,48)51-38-40(43)42(45)46)36-49-35-33-31-29-27-25-23-18-16-14-12-10-8-6-4-2/h8,10-11,13-14,16-17,19,39-40H,3-7,9,12,15,18,20-38,43H2,1-2H3,(H,45,46)(H,47,48)/b10-8-,13-11-,16-14-,19-17-. The van der Waals surface area contributed by atoms with Crippen molar-refractivity contribution in [3.8, 4) is 0 Å². The monoisotopic (exact) mass is 770 g/mol. The zero-order valence-electron chi connectivity index (χ0n) is 33.3. The number of nitrogens with two attached hydrogens (primary N) is 1. The predicted octanol–water partition coefficient (Wildman–Crippen LogP) is 11.1. The maximum absolute atomic E-state index is 12.6. The van der Waals surface area contributed by atoms with Crippen LogP contribution >= 0.6 is 7.82 Å². The van der Waals surface area contributed by atoms with E-state index in [4.69, 9.17) is 29.4 Å². The Morgan fingerprint density at radius 3 is 1.60 bits per heavy atom. The number of esters is 1. The van der Waals surface area contributed by atoms with Crippen LogP contribution in [0.3, 0.4) is 0 Å². The highest BCUT2D eigenvalue weighted by Gasteiger charge is 2.27. The number of carbonyl (C=O) groups is 2. The molecule has 0 amide bonds. The van der Waals surface area contributed by atoms with Crippen LogP contribution in [0.25, 0.3) is 0 Å². The molecule has 0 fully saturated rings. The van der Waals surface area contributed by atoms with Crippen molar-refractivity contribution in [1.82, 2.24) is 0 Å². The van der Waals surface area contributed by atoms with Gasteiger partial charge in [-0.2, -0.15) is 0 Å². The van der Waals surface area contributed by atoms with Crippen molar-refractivity contribution in [1.29, 1.82) is 0 Å². The molecule has 11 heteroatoms. The van der Waals surface area contributed by atoms with E-state index in [1.807, 2.05) is 0 Å². The van der Waals surface area contributed by atoms with Crippen LogP contribution in [0.5, 0.6) is 0 Å². The molecule has 0 spiro atoms. The topological polar surface area (TPSA) is 155 Å². The Balaban J connectivity index is 4.30. The average Bonchev–Trinajstić information content (AvgIpc) is 3.13. The molecule has 3 atom stereocenters. The van der Waals surface area contributed by atoms with Gasteiger partial charge in [-0.05, 0) is 70.6 Å². The van der Waals surface area contributed by atoms with Crippen LogP contribution in [0.4, 0.5) is 0 Å². The number of carboxylic acids is 1. The first-order valence-electron chi connectivity index (χ1n) is 20.7. The average molecular weight is 770 g/mol. The van der Waals surface area contributed by atoms with Crippen molar-refractivity contribution in [3.63, 3.8) is 0 Å². The van der Waals surface area contributed by atoms with Gasteiger partial charge in [-0.25, -0.2) is 4.57 Å².